The highest BCUT2D eigenvalue weighted by Gasteiger charge is 2.24. The van der Waals surface area contributed by atoms with Gasteiger partial charge in [0.15, 0.2) is 11.9 Å². The van der Waals surface area contributed by atoms with Crippen LogP contribution in [0.25, 0.3) is 22.1 Å². The molecular formula is C37H40O8. The number of ketones is 1. The molecule has 0 spiro atoms. The van der Waals surface area contributed by atoms with E-state index >= 15 is 0 Å². The number of esters is 1. The van der Waals surface area contributed by atoms with Gasteiger partial charge >= 0.3 is 11.6 Å². The average molecular weight is 613 g/mol. The minimum absolute atomic E-state index is 0.118. The van der Waals surface area contributed by atoms with Crippen LogP contribution in [0.1, 0.15) is 67.4 Å². The normalized spacial score (nSPS) is 13.2. The second-order valence-corrected chi connectivity index (χ2v) is 11.1. The monoisotopic (exact) mass is 612 g/mol. The first kappa shape index (κ1) is 32.0. The van der Waals surface area contributed by atoms with Crippen LogP contribution in [0.15, 0.2) is 75.9 Å². The van der Waals surface area contributed by atoms with E-state index in [0.717, 1.165) is 59.9 Å². The van der Waals surface area contributed by atoms with E-state index in [4.69, 9.17) is 23.4 Å². The van der Waals surface area contributed by atoms with Gasteiger partial charge in [0, 0.05) is 30.6 Å². The van der Waals surface area contributed by atoms with Crippen LogP contribution in [-0.4, -0.2) is 44.3 Å². The van der Waals surface area contributed by atoms with Crippen LogP contribution in [0, 0.1) is 0 Å². The van der Waals surface area contributed by atoms with Gasteiger partial charge in [-0.3, -0.25) is 4.79 Å². The van der Waals surface area contributed by atoms with Gasteiger partial charge in [-0.25, -0.2) is 9.59 Å². The number of fused-ring (bicyclic) bond motifs is 2. The average Bonchev–Trinajstić information content (AvgIpc) is 3.05. The van der Waals surface area contributed by atoms with E-state index in [1.165, 1.54) is 0 Å². The molecule has 236 valence electrons. The maximum Gasteiger partial charge on any atom is 0.344 e. The maximum absolute atomic E-state index is 12.8. The Morgan fingerprint density at radius 3 is 2.62 bits per heavy atom. The van der Waals surface area contributed by atoms with Crippen molar-refractivity contribution in [3.8, 4) is 22.8 Å². The quantitative estimate of drug-likeness (QED) is 0.103. The molecule has 2 heterocycles. The van der Waals surface area contributed by atoms with E-state index in [0.29, 0.717) is 55.1 Å². The highest BCUT2D eigenvalue weighted by atomic mass is 16.6. The number of carbonyl (C=O) groups excluding carboxylic acids is 2. The van der Waals surface area contributed by atoms with Gasteiger partial charge in [-0.05, 0) is 73.9 Å². The molecule has 0 radical (unpaired) electrons. The van der Waals surface area contributed by atoms with Crippen LogP contribution in [0.5, 0.6) is 11.5 Å². The Bertz CT molecular complexity index is 1690. The summed E-state index contributed by atoms with van der Waals surface area (Å²) in [5.74, 6) is 1.63. The predicted octanol–water partition coefficient (Wildman–Crippen LogP) is 7.12. The second-order valence-electron chi connectivity index (χ2n) is 11.1. The van der Waals surface area contributed by atoms with E-state index in [1.54, 1.807) is 13.0 Å². The highest BCUT2D eigenvalue weighted by molar-refractivity contribution is 6.00. The zero-order valence-corrected chi connectivity index (χ0v) is 26.0. The van der Waals surface area contributed by atoms with Gasteiger partial charge in [-0.2, -0.15) is 0 Å². The molecule has 0 amide bonds. The number of unbranched alkanes of at least 4 members (excludes halogenated alkanes) is 2. The van der Waals surface area contributed by atoms with Crippen molar-refractivity contribution < 1.29 is 33.0 Å². The third-order valence-electron chi connectivity index (χ3n) is 7.81. The Morgan fingerprint density at radius 1 is 0.933 bits per heavy atom. The molecule has 0 saturated heterocycles. The van der Waals surface area contributed by atoms with E-state index < -0.39 is 12.1 Å². The van der Waals surface area contributed by atoms with Crippen molar-refractivity contribution in [3.63, 3.8) is 0 Å². The zero-order chi connectivity index (χ0) is 31.6. The predicted molar refractivity (Wildman–Crippen MR) is 172 cm³/mol. The van der Waals surface area contributed by atoms with Crippen LogP contribution in [-0.2, 0) is 27.1 Å². The summed E-state index contributed by atoms with van der Waals surface area (Å²) in [6.07, 6.45) is 4.12. The third kappa shape index (κ3) is 8.00. The smallest absolute Gasteiger partial charge is 0.344 e. The van der Waals surface area contributed by atoms with Crippen LogP contribution in [0.2, 0.25) is 0 Å². The maximum atomic E-state index is 12.8. The molecule has 8 nitrogen and oxygen atoms in total. The molecule has 8 heteroatoms. The van der Waals surface area contributed by atoms with Crippen molar-refractivity contribution in [2.24, 2.45) is 0 Å². The van der Waals surface area contributed by atoms with Gasteiger partial charge in [0.05, 0.1) is 30.8 Å². The van der Waals surface area contributed by atoms with Crippen molar-refractivity contribution in [2.75, 3.05) is 26.4 Å². The highest BCUT2D eigenvalue weighted by Crippen LogP contribution is 2.36. The fraction of sp³-hybridized carbons (Fsp3) is 0.378. The van der Waals surface area contributed by atoms with E-state index in [9.17, 15) is 14.4 Å². The Labute approximate surface area is 263 Å². The standard InChI is InChI=1S/C37H40O8/c1-3-11-30-32(17-16-29-31(38)18-21-44-35(29)30)42-19-8-5-9-20-43-34(37(40)41-4-2)23-25-12-10-14-27(22-25)33-24-26-13-6-7-15-28(26)36(39)45-33/h6-7,10,12-17,22,24,34H,3-5,8-9,11,18-21,23H2,1-2H3. The molecule has 1 aliphatic heterocycles. The summed E-state index contributed by atoms with van der Waals surface area (Å²) in [6, 6.07) is 20.4. The summed E-state index contributed by atoms with van der Waals surface area (Å²) in [7, 11) is 0. The first-order valence-electron chi connectivity index (χ1n) is 15.8. The Kier molecular flexibility index (Phi) is 11.0. The topological polar surface area (TPSA) is 101 Å². The van der Waals surface area contributed by atoms with Crippen molar-refractivity contribution >= 4 is 22.5 Å². The molecule has 0 fully saturated rings. The second kappa shape index (κ2) is 15.5. The van der Waals surface area contributed by atoms with Gasteiger partial charge in [-0.1, -0.05) is 49.7 Å². The molecule has 0 bridgehead atoms. The van der Waals surface area contributed by atoms with Gasteiger partial charge in [0.2, 0.25) is 0 Å². The van der Waals surface area contributed by atoms with Crippen molar-refractivity contribution in [2.45, 2.75) is 64.9 Å². The molecule has 1 aromatic heterocycles. The Balaban J connectivity index is 1.14. The number of carbonyl (C=O) groups is 2. The molecule has 3 aromatic carbocycles. The molecule has 1 aliphatic rings. The summed E-state index contributed by atoms with van der Waals surface area (Å²) in [6.45, 7) is 5.47. The van der Waals surface area contributed by atoms with Crippen molar-refractivity contribution in [1.82, 2.24) is 0 Å². The number of ether oxygens (including phenoxy) is 4. The van der Waals surface area contributed by atoms with Gasteiger partial charge in [0.1, 0.15) is 17.3 Å². The molecule has 5 rings (SSSR count). The summed E-state index contributed by atoms with van der Waals surface area (Å²) in [5.41, 5.74) is 2.85. The molecular weight excluding hydrogens is 572 g/mol. The van der Waals surface area contributed by atoms with Crippen LogP contribution in [0.3, 0.4) is 0 Å². The van der Waals surface area contributed by atoms with E-state index in [1.807, 2.05) is 60.7 Å². The van der Waals surface area contributed by atoms with Crippen molar-refractivity contribution in [3.05, 3.63) is 93.8 Å². The van der Waals surface area contributed by atoms with Crippen LogP contribution >= 0.6 is 0 Å². The lowest BCUT2D eigenvalue weighted by Crippen LogP contribution is -2.29. The Morgan fingerprint density at radius 2 is 1.78 bits per heavy atom. The minimum Gasteiger partial charge on any atom is -0.493 e. The SMILES string of the molecule is CCCc1c(OCCCCCOC(Cc2cccc(-c3cc4ccccc4c(=O)o3)c2)C(=O)OCC)ccc2c1OCCC2=O. The summed E-state index contributed by atoms with van der Waals surface area (Å²) < 4.78 is 28.9. The molecule has 0 aliphatic carbocycles. The van der Waals surface area contributed by atoms with Gasteiger partial charge < -0.3 is 23.4 Å². The van der Waals surface area contributed by atoms with Gasteiger partial charge in [-0.15, -0.1) is 0 Å². The number of rotatable bonds is 15. The van der Waals surface area contributed by atoms with Crippen LogP contribution in [0.4, 0.5) is 0 Å². The van der Waals surface area contributed by atoms with E-state index in [2.05, 4.69) is 6.92 Å². The first-order valence-corrected chi connectivity index (χ1v) is 15.8. The largest absolute Gasteiger partial charge is 0.493 e. The molecule has 1 unspecified atom stereocenters. The van der Waals surface area contributed by atoms with Gasteiger partial charge in [0.25, 0.3) is 0 Å². The zero-order valence-electron chi connectivity index (χ0n) is 26.0. The first-order chi connectivity index (χ1) is 22.0. The molecule has 0 saturated carbocycles. The Hall–Kier alpha value is -4.43. The van der Waals surface area contributed by atoms with Crippen molar-refractivity contribution in [1.29, 1.82) is 0 Å². The number of Topliss-reactive ketones (excluding diaryl/α,β-unsaturated/α-hetero) is 1. The number of hydrogen-bond donors (Lipinski definition) is 0. The number of benzene rings is 3. The third-order valence-corrected chi connectivity index (χ3v) is 7.81. The lowest BCUT2D eigenvalue weighted by Gasteiger charge is -2.22. The van der Waals surface area contributed by atoms with Crippen LogP contribution < -0.4 is 15.1 Å². The minimum atomic E-state index is -0.755. The fourth-order valence-corrected chi connectivity index (χ4v) is 5.57. The molecule has 1 atom stereocenters. The lowest BCUT2D eigenvalue weighted by atomic mass is 9.98. The molecule has 0 N–H and O–H groups in total. The summed E-state index contributed by atoms with van der Waals surface area (Å²) in [5, 5.41) is 1.34. The summed E-state index contributed by atoms with van der Waals surface area (Å²) in [4.78, 5) is 37.6. The lowest BCUT2D eigenvalue weighted by molar-refractivity contribution is -0.156. The molecule has 4 aromatic rings. The summed E-state index contributed by atoms with van der Waals surface area (Å²) >= 11 is 0. The number of hydrogen-bond acceptors (Lipinski definition) is 8. The fourth-order valence-electron chi connectivity index (χ4n) is 5.57. The van der Waals surface area contributed by atoms with E-state index in [-0.39, 0.29) is 18.0 Å². The molecule has 45 heavy (non-hydrogen) atoms.